The zero-order valence-corrected chi connectivity index (χ0v) is 17.4. The van der Waals surface area contributed by atoms with E-state index in [0.717, 1.165) is 17.0 Å². The number of anilines is 1. The van der Waals surface area contributed by atoms with Crippen molar-refractivity contribution in [1.82, 2.24) is 20.2 Å². The molecule has 0 aliphatic rings. The normalized spacial score (nSPS) is 10.6. The van der Waals surface area contributed by atoms with Gasteiger partial charge in [0.2, 0.25) is 0 Å². The van der Waals surface area contributed by atoms with Gasteiger partial charge in [0.15, 0.2) is 17.3 Å². The highest BCUT2D eigenvalue weighted by Crippen LogP contribution is 2.39. The molecule has 2 aromatic carbocycles. The molecule has 0 saturated heterocycles. The molecule has 8 nitrogen and oxygen atoms in total. The van der Waals surface area contributed by atoms with Gasteiger partial charge in [0.1, 0.15) is 16.5 Å². The number of hydrogen-bond acceptors (Lipinski definition) is 7. The van der Waals surface area contributed by atoms with Gasteiger partial charge < -0.3 is 14.8 Å². The Morgan fingerprint density at radius 3 is 2.67 bits per heavy atom. The lowest BCUT2D eigenvalue weighted by atomic mass is 10.2. The molecule has 2 heterocycles. The van der Waals surface area contributed by atoms with E-state index in [2.05, 4.69) is 25.5 Å². The Labute approximate surface area is 176 Å². The third kappa shape index (κ3) is 3.87. The molecule has 0 atom stereocenters. The number of nitrogens with one attached hydrogen (secondary N) is 2. The van der Waals surface area contributed by atoms with Crippen LogP contribution in [0.5, 0.6) is 11.5 Å². The number of rotatable bonds is 6. The molecule has 0 saturated carbocycles. The van der Waals surface area contributed by atoms with Crippen molar-refractivity contribution in [3.05, 3.63) is 59.4 Å². The predicted molar refractivity (Wildman–Crippen MR) is 115 cm³/mol. The van der Waals surface area contributed by atoms with Crippen LogP contribution < -0.4 is 14.8 Å². The van der Waals surface area contributed by atoms with Crippen molar-refractivity contribution in [3.63, 3.8) is 0 Å². The minimum absolute atomic E-state index is 0.303. The van der Waals surface area contributed by atoms with Crippen molar-refractivity contribution in [2.45, 2.75) is 6.92 Å². The molecule has 1 amide bonds. The minimum Gasteiger partial charge on any atom is -0.493 e. The van der Waals surface area contributed by atoms with Crippen LogP contribution in [0.4, 0.5) is 5.69 Å². The summed E-state index contributed by atoms with van der Waals surface area (Å²) in [7, 11) is 3.15. The van der Waals surface area contributed by atoms with E-state index in [9.17, 15) is 4.79 Å². The predicted octanol–water partition coefficient (Wildman–Crippen LogP) is 4.17. The summed E-state index contributed by atoms with van der Waals surface area (Å²) >= 11 is 1.36. The molecule has 9 heteroatoms. The molecule has 0 unspecified atom stereocenters. The molecule has 0 spiro atoms. The zero-order chi connectivity index (χ0) is 21.1. The van der Waals surface area contributed by atoms with Gasteiger partial charge in [0, 0.05) is 16.6 Å². The van der Waals surface area contributed by atoms with Crippen LogP contribution in [0.3, 0.4) is 0 Å². The molecular weight excluding hydrogens is 402 g/mol. The fourth-order valence-corrected chi connectivity index (χ4v) is 3.78. The number of nitrogens with zero attached hydrogens (tertiary/aromatic N) is 3. The summed E-state index contributed by atoms with van der Waals surface area (Å²) in [4.78, 5) is 21.5. The van der Waals surface area contributed by atoms with Gasteiger partial charge >= 0.3 is 0 Å². The van der Waals surface area contributed by atoms with Crippen LogP contribution in [0.2, 0.25) is 0 Å². The Bertz CT molecular complexity index is 1200. The standard InChI is InChI=1S/C21H19N5O3S/c1-12-22-19(26-25-12)13-6-4-7-14(10-13)23-20(27)16-11-30-21(24-16)15-8-5-9-17(28-2)18(15)29-3/h4-11H,1-3H3,(H,23,27)(H,22,25,26). The monoisotopic (exact) mass is 421 g/mol. The second-order valence-electron chi connectivity index (χ2n) is 6.36. The molecule has 0 radical (unpaired) electrons. The van der Waals surface area contributed by atoms with E-state index in [1.165, 1.54) is 11.3 Å². The fourth-order valence-electron chi connectivity index (χ4n) is 2.96. The minimum atomic E-state index is -0.303. The number of para-hydroxylation sites is 1. The molecular formula is C21H19N5O3S. The maximum atomic E-state index is 12.7. The number of benzene rings is 2. The first-order valence-electron chi connectivity index (χ1n) is 9.06. The molecule has 0 aliphatic carbocycles. The SMILES string of the molecule is COc1cccc(-c2nc(C(=O)Nc3cccc(-c4n[nH]c(C)n4)c3)cs2)c1OC. The second kappa shape index (κ2) is 8.34. The Hall–Kier alpha value is -3.72. The largest absolute Gasteiger partial charge is 0.493 e. The molecule has 30 heavy (non-hydrogen) atoms. The average molecular weight is 421 g/mol. The van der Waals surface area contributed by atoms with Gasteiger partial charge in [0.25, 0.3) is 5.91 Å². The summed E-state index contributed by atoms with van der Waals surface area (Å²) < 4.78 is 10.8. The molecule has 0 fully saturated rings. The maximum Gasteiger partial charge on any atom is 0.275 e. The highest BCUT2D eigenvalue weighted by molar-refractivity contribution is 7.13. The fraction of sp³-hybridized carbons (Fsp3) is 0.143. The van der Waals surface area contributed by atoms with E-state index in [1.54, 1.807) is 25.7 Å². The van der Waals surface area contributed by atoms with E-state index in [-0.39, 0.29) is 5.91 Å². The van der Waals surface area contributed by atoms with Crippen molar-refractivity contribution in [2.24, 2.45) is 0 Å². The van der Waals surface area contributed by atoms with Crippen LogP contribution >= 0.6 is 11.3 Å². The van der Waals surface area contributed by atoms with Gasteiger partial charge in [-0.2, -0.15) is 5.10 Å². The highest BCUT2D eigenvalue weighted by atomic mass is 32.1. The number of amides is 1. The van der Waals surface area contributed by atoms with E-state index in [0.29, 0.717) is 33.7 Å². The summed E-state index contributed by atoms with van der Waals surface area (Å²) in [6, 6.07) is 12.9. The first-order valence-corrected chi connectivity index (χ1v) is 9.94. The van der Waals surface area contributed by atoms with Gasteiger partial charge in [-0.25, -0.2) is 9.97 Å². The summed E-state index contributed by atoms with van der Waals surface area (Å²) in [5, 5.41) is 12.2. The summed E-state index contributed by atoms with van der Waals surface area (Å²) in [5.74, 6) is 2.18. The van der Waals surface area contributed by atoms with E-state index < -0.39 is 0 Å². The van der Waals surface area contributed by atoms with Gasteiger partial charge in [-0.3, -0.25) is 9.89 Å². The molecule has 2 N–H and O–H groups in total. The summed E-state index contributed by atoms with van der Waals surface area (Å²) in [5.41, 5.74) is 2.52. The lowest BCUT2D eigenvalue weighted by Crippen LogP contribution is -2.12. The summed E-state index contributed by atoms with van der Waals surface area (Å²) in [6.45, 7) is 1.83. The Morgan fingerprint density at radius 2 is 1.93 bits per heavy atom. The van der Waals surface area contributed by atoms with Crippen molar-refractivity contribution in [2.75, 3.05) is 19.5 Å². The molecule has 0 aliphatic heterocycles. The van der Waals surface area contributed by atoms with Crippen molar-refractivity contribution in [1.29, 1.82) is 0 Å². The van der Waals surface area contributed by atoms with Crippen LogP contribution in [-0.4, -0.2) is 40.3 Å². The number of aromatic amines is 1. The molecule has 0 bridgehead atoms. The highest BCUT2D eigenvalue weighted by Gasteiger charge is 2.17. The average Bonchev–Trinajstić information content (AvgIpc) is 3.42. The Balaban J connectivity index is 1.56. The lowest BCUT2D eigenvalue weighted by Gasteiger charge is -2.10. The Kier molecular flexibility index (Phi) is 5.44. The van der Waals surface area contributed by atoms with E-state index in [4.69, 9.17) is 9.47 Å². The second-order valence-corrected chi connectivity index (χ2v) is 7.22. The molecule has 2 aromatic heterocycles. The van der Waals surface area contributed by atoms with Gasteiger partial charge in [0.05, 0.1) is 19.8 Å². The third-order valence-electron chi connectivity index (χ3n) is 4.35. The Morgan fingerprint density at radius 1 is 1.10 bits per heavy atom. The van der Waals surface area contributed by atoms with Crippen molar-refractivity contribution >= 4 is 22.9 Å². The first kappa shape index (κ1) is 19.6. The number of H-pyrrole nitrogens is 1. The van der Waals surface area contributed by atoms with Crippen LogP contribution in [0.25, 0.3) is 22.0 Å². The number of ether oxygens (including phenoxy) is 2. The topological polar surface area (TPSA) is 102 Å². The smallest absolute Gasteiger partial charge is 0.275 e. The van der Waals surface area contributed by atoms with Gasteiger partial charge in [-0.1, -0.05) is 18.2 Å². The van der Waals surface area contributed by atoms with Crippen LogP contribution in [0, 0.1) is 6.92 Å². The maximum absolute atomic E-state index is 12.7. The number of aryl methyl sites for hydroxylation is 1. The number of hydrogen-bond donors (Lipinski definition) is 2. The van der Waals surface area contributed by atoms with Crippen LogP contribution in [0.1, 0.15) is 16.3 Å². The van der Waals surface area contributed by atoms with Crippen LogP contribution in [0.15, 0.2) is 47.8 Å². The number of thiazole rings is 1. The zero-order valence-electron chi connectivity index (χ0n) is 16.6. The van der Waals surface area contributed by atoms with Gasteiger partial charge in [-0.05, 0) is 31.2 Å². The first-order chi connectivity index (χ1) is 14.6. The van der Waals surface area contributed by atoms with Gasteiger partial charge in [-0.15, -0.1) is 11.3 Å². The molecule has 4 rings (SSSR count). The number of carbonyl (C=O) groups excluding carboxylic acids is 1. The van der Waals surface area contributed by atoms with Crippen molar-refractivity contribution in [3.8, 4) is 33.5 Å². The lowest BCUT2D eigenvalue weighted by molar-refractivity contribution is 0.102. The summed E-state index contributed by atoms with van der Waals surface area (Å²) in [6.07, 6.45) is 0. The van der Waals surface area contributed by atoms with E-state index >= 15 is 0 Å². The quantitative estimate of drug-likeness (QED) is 0.484. The molecule has 4 aromatic rings. The number of aromatic nitrogens is 4. The van der Waals surface area contributed by atoms with Crippen molar-refractivity contribution < 1.29 is 14.3 Å². The number of carbonyl (C=O) groups is 1. The third-order valence-corrected chi connectivity index (χ3v) is 5.22. The van der Waals surface area contributed by atoms with E-state index in [1.807, 2.05) is 43.3 Å². The molecule has 152 valence electrons. The van der Waals surface area contributed by atoms with Crippen LogP contribution in [-0.2, 0) is 0 Å². The number of methoxy groups -OCH3 is 2.